The molecule has 0 nitrogen and oxygen atoms in total. The molecule has 0 amide bonds. The second-order valence-corrected chi connectivity index (χ2v) is 10.3. The summed E-state index contributed by atoms with van der Waals surface area (Å²) < 4.78 is -2.29. The van der Waals surface area contributed by atoms with Crippen LogP contribution in [0.15, 0.2) is 0 Å². The van der Waals surface area contributed by atoms with Gasteiger partial charge in [0.2, 0.25) is 0 Å². The van der Waals surface area contributed by atoms with E-state index in [1.165, 1.54) is 0 Å². The van der Waals surface area contributed by atoms with Crippen molar-refractivity contribution in [3.8, 4) is 0 Å². The molecular weight excluding hydrogens is 418 g/mol. The van der Waals surface area contributed by atoms with Crippen molar-refractivity contribution in [1.29, 1.82) is 0 Å². The zero-order valence-corrected chi connectivity index (χ0v) is 12.9. The van der Waals surface area contributed by atoms with Gasteiger partial charge in [-0.2, -0.15) is 0 Å². The van der Waals surface area contributed by atoms with Crippen LogP contribution in [0.1, 0.15) is 19.3 Å². The zero-order chi connectivity index (χ0) is 9.62. The highest BCUT2D eigenvalue weighted by molar-refractivity contribution is 9.26. The maximum Gasteiger partial charge on any atom is 0.157 e. The SMILES string of the molecule is ClC1(Cl)CCCC(Br)(Br)[C@]1(Cl)Br. The van der Waals surface area contributed by atoms with Crippen molar-refractivity contribution in [2.24, 2.45) is 0 Å². The molecule has 12 heavy (non-hydrogen) atoms. The summed E-state index contributed by atoms with van der Waals surface area (Å²) in [5.41, 5.74) is 0. The van der Waals surface area contributed by atoms with Gasteiger partial charge in [0.05, 0.1) is 0 Å². The van der Waals surface area contributed by atoms with Gasteiger partial charge in [0.1, 0.15) is 7.57 Å². The predicted molar refractivity (Wildman–Crippen MR) is 66.4 cm³/mol. The molecular formula is C6H6Br3Cl3. The molecule has 1 atom stereocenters. The first kappa shape index (κ1) is 12.4. The Morgan fingerprint density at radius 3 is 1.75 bits per heavy atom. The summed E-state index contributed by atoms with van der Waals surface area (Å²) in [4.78, 5) is 0. The Morgan fingerprint density at radius 2 is 1.42 bits per heavy atom. The van der Waals surface area contributed by atoms with Crippen LogP contribution < -0.4 is 0 Å². The molecule has 0 N–H and O–H groups in total. The van der Waals surface area contributed by atoms with Gasteiger partial charge in [-0.1, -0.05) is 71.0 Å². The fourth-order valence-corrected chi connectivity index (χ4v) is 3.98. The van der Waals surface area contributed by atoms with Gasteiger partial charge in [-0.15, -0.1) is 11.6 Å². The predicted octanol–water partition coefficient (Wildman–Crippen LogP) is 5.16. The van der Waals surface area contributed by atoms with Crippen molar-refractivity contribution in [2.75, 3.05) is 0 Å². The van der Waals surface area contributed by atoms with Crippen LogP contribution in [0.5, 0.6) is 0 Å². The average Bonchev–Trinajstić information content (AvgIpc) is 1.83. The van der Waals surface area contributed by atoms with Gasteiger partial charge in [0.15, 0.2) is 3.78 Å². The Labute approximate surface area is 112 Å². The lowest BCUT2D eigenvalue weighted by Gasteiger charge is -2.46. The van der Waals surface area contributed by atoms with Gasteiger partial charge in [0.25, 0.3) is 0 Å². The van der Waals surface area contributed by atoms with Crippen molar-refractivity contribution in [3.63, 3.8) is 0 Å². The summed E-state index contributed by atoms with van der Waals surface area (Å²) >= 11 is 28.6. The van der Waals surface area contributed by atoms with Crippen molar-refractivity contribution in [2.45, 2.75) is 30.6 Å². The van der Waals surface area contributed by atoms with Gasteiger partial charge in [-0.25, -0.2) is 0 Å². The molecule has 0 aromatic rings. The quantitative estimate of drug-likeness (QED) is 0.472. The first-order valence-electron chi connectivity index (χ1n) is 3.34. The largest absolute Gasteiger partial charge is 0.157 e. The van der Waals surface area contributed by atoms with E-state index in [-0.39, 0.29) is 0 Å². The standard InChI is InChI=1S/C6H6Br3Cl3/c7-4(8)2-1-3-5(10,11)6(4,9)12/h1-3H2/t6-/m1/s1. The normalized spacial score (nSPS) is 39.5. The van der Waals surface area contributed by atoms with E-state index in [0.717, 1.165) is 12.8 Å². The first-order chi connectivity index (χ1) is 5.21. The van der Waals surface area contributed by atoms with E-state index in [1.807, 2.05) is 0 Å². The molecule has 0 spiro atoms. The summed E-state index contributed by atoms with van der Waals surface area (Å²) in [7, 11) is 0. The fourth-order valence-electron chi connectivity index (χ4n) is 1.11. The minimum Gasteiger partial charge on any atom is -0.101 e. The van der Waals surface area contributed by atoms with Crippen LogP contribution in [0.4, 0.5) is 0 Å². The summed E-state index contributed by atoms with van der Waals surface area (Å²) in [6, 6.07) is 0. The van der Waals surface area contributed by atoms with Gasteiger partial charge in [0, 0.05) is 0 Å². The van der Waals surface area contributed by atoms with Crippen LogP contribution in [-0.2, 0) is 0 Å². The molecule has 1 fully saturated rings. The Kier molecular flexibility index (Phi) is 3.83. The molecule has 0 bridgehead atoms. The summed E-state index contributed by atoms with van der Waals surface area (Å²) in [6.45, 7) is 0. The van der Waals surface area contributed by atoms with E-state index in [9.17, 15) is 0 Å². The van der Waals surface area contributed by atoms with Crippen LogP contribution in [0.25, 0.3) is 0 Å². The third kappa shape index (κ3) is 1.96. The number of rotatable bonds is 0. The summed E-state index contributed by atoms with van der Waals surface area (Å²) in [5, 5.41) is 0. The van der Waals surface area contributed by atoms with E-state index in [2.05, 4.69) is 47.8 Å². The molecule has 0 aromatic heterocycles. The van der Waals surface area contributed by atoms with Crippen molar-refractivity contribution < 1.29 is 0 Å². The third-order valence-corrected chi connectivity index (χ3v) is 9.00. The van der Waals surface area contributed by atoms with E-state index >= 15 is 0 Å². The fraction of sp³-hybridized carbons (Fsp3) is 1.00. The van der Waals surface area contributed by atoms with Crippen LogP contribution >= 0.6 is 82.6 Å². The molecule has 1 aliphatic carbocycles. The second-order valence-electron chi connectivity index (χ2n) is 2.84. The first-order valence-corrected chi connectivity index (χ1v) is 6.85. The molecule has 1 rings (SSSR count). The smallest absolute Gasteiger partial charge is 0.101 e. The average molecular weight is 424 g/mol. The molecule has 0 saturated heterocycles. The van der Waals surface area contributed by atoms with Crippen LogP contribution in [-0.4, -0.2) is 11.4 Å². The molecule has 6 heteroatoms. The van der Waals surface area contributed by atoms with Gasteiger partial charge < -0.3 is 0 Å². The van der Waals surface area contributed by atoms with Crippen molar-refractivity contribution >= 4 is 82.6 Å². The highest BCUT2D eigenvalue weighted by Crippen LogP contribution is 2.63. The van der Waals surface area contributed by atoms with E-state index in [0.29, 0.717) is 6.42 Å². The molecule has 0 unspecified atom stereocenters. The maximum atomic E-state index is 6.21. The number of hydrogen-bond donors (Lipinski definition) is 0. The highest BCUT2D eigenvalue weighted by Gasteiger charge is 2.60. The zero-order valence-electron chi connectivity index (χ0n) is 5.89. The van der Waals surface area contributed by atoms with E-state index in [1.54, 1.807) is 0 Å². The highest BCUT2D eigenvalue weighted by atomic mass is 79.9. The van der Waals surface area contributed by atoms with Gasteiger partial charge in [-0.05, 0) is 19.3 Å². The minimum absolute atomic E-state index is 0.448. The maximum absolute atomic E-state index is 6.21. The lowest BCUT2D eigenvalue weighted by Crippen LogP contribution is -2.51. The monoisotopic (exact) mass is 420 g/mol. The van der Waals surface area contributed by atoms with Gasteiger partial charge in [-0.3, -0.25) is 0 Å². The number of hydrogen-bond acceptors (Lipinski definition) is 0. The molecule has 0 aromatic carbocycles. The third-order valence-electron chi connectivity index (χ3n) is 1.90. The van der Waals surface area contributed by atoms with Gasteiger partial charge >= 0.3 is 0 Å². The minimum atomic E-state index is -0.959. The molecule has 1 saturated carbocycles. The van der Waals surface area contributed by atoms with E-state index < -0.39 is 11.4 Å². The lowest BCUT2D eigenvalue weighted by atomic mass is 9.98. The number of alkyl halides is 6. The molecule has 0 radical (unpaired) electrons. The van der Waals surface area contributed by atoms with Crippen LogP contribution in [0.3, 0.4) is 0 Å². The Morgan fingerprint density at radius 1 is 0.917 bits per heavy atom. The molecule has 0 heterocycles. The lowest BCUT2D eigenvalue weighted by molar-refractivity contribution is 0.464. The Bertz CT molecular complexity index is 172. The molecule has 72 valence electrons. The van der Waals surface area contributed by atoms with Crippen molar-refractivity contribution in [3.05, 3.63) is 0 Å². The Balaban J connectivity index is 2.99. The van der Waals surface area contributed by atoms with E-state index in [4.69, 9.17) is 34.8 Å². The molecule has 0 aliphatic heterocycles. The topological polar surface area (TPSA) is 0 Å². The van der Waals surface area contributed by atoms with Crippen LogP contribution in [0, 0.1) is 0 Å². The van der Waals surface area contributed by atoms with Crippen LogP contribution in [0.2, 0.25) is 0 Å². The summed E-state index contributed by atoms with van der Waals surface area (Å²) in [5.74, 6) is 0. The van der Waals surface area contributed by atoms with Crippen molar-refractivity contribution in [1.82, 2.24) is 0 Å². The Hall–Kier alpha value is 2.31. The second kappa shape index (κ2) is 3.71. The molecule has 1 aliphatic rings. The summed E-state index contributed by atoms with van der Waals surface area (Å²) in [6.07, 6.45) is 2.50. The number of halogens is 6.